The molecule has 1 aromatic rings. The summed E-state index contributed by atoms with van der Waals surface area (Å²) in [5.74, 6) is 1.59. The maximum Gasteiger partial charge on any atom is 0.191 e. The van der Waals surface area contributed by atoms with Crippen LogP contribution in [-0.2, 0) is 6.54 Å². The van der Waals surface area contributed by atoms with Crippen molar-refractivity contribution in [3.8, 4) is 0 Å². The molecule has 2 aliphatic heterocycles. The fourth-order valence-corrected chi connectivity index (χ4v) is 4.64. The Morgan fingerprint density at radius 3 is 2.47 bits per heavy atom. The van der Waals surface area contributed by atoms with Crippen LogP contribution in [-0.4, -0.2) is 81.7 Å². The van der Waals surface area contributed by atoms with E-state index in [-0.39, 0.29) is 0 Å². The van der Waals surface area contributed by atoms with Crippen LogP contribution in [0.25, 0.3) is 0 Å². The third kappa shape index (κ3) is 6.50. The molecule has 0 atom stereocenters. The first kappa shape index (κ1) is 23.2. The normalized spacial score (nSPS) is 20.1. The highest BCUT2D eigenvalue weighted by atomic mass is 35.5. The lowest BCUT2D eigenvalue weighted by Gasteiger charge is -2.35. The Balaban J connectivity index is 1.55. The summed E-state index contributed by atoms with van der Waals surface area (Å²) in [6, 6.07) is 6.70. The fraction of sp³-hybridized carbons (Fsp3) is 0.696. The number of guanidine groups is 1. The van der Waals surface area contributed by atoms with Crippen molar-refractivity contribution in [2.45, 2.75) is 39.3 Å². The summed E-state index contributed by atoms with van der Waals surface area (Å²) in [6.07, 6.45) is 2.32. The summed E-state index contributed by atoms with van der Waals surface area (Å²) in [7, 11) is 4.03. The number of anilines is 1. The van der Waals surface area contributed by atoms with Gasteiger partial charge in [-0.1, -0.05) is 31.5 Å². The number of likely N-dealkylation sites (tertiary alicyclic amines) is 1. The monoisotopic (exact) mass is 434 g/mol. The number of hydrogen-bond donors (Lipinski definition) is 2. The largest absolute Gasteiger partial charge is 0.369 e. The molecule has 6 nitrogen and oxygen atoms in total. The maximum atomic E-state index is 6.61. The second-order valence-electron chi connectivity index (χ2n) is 9.07. The second-order valence-corrected chi connectivity index (χ2v) is 9.47. The fourth-order valence-electron chi connectivity index (χ4n) is 4.40. The lowest BCUT2D eigenvalue weighted by molar-refractivity contribution is 0.187. The first-order valence-corrected chi connectivity index (χ1v) is 11.7. The molecule has 2 saturated heterocycles. The van der Waals surface area contributed by atoms with E-state index in [2.05, 4.69) is 63.4 Å². The zero-order chi connectivity index (χ0) is 21.5. The van der Waals surface area contributed by atoms with Crippen LogP contribution in [0.15, 0.2) is 23.2 Å². The minimum absolute atomic E-state index is 0.475. The Kier molecular flexibility index (Phi) is 8.66. The molecule has 168 valence electrons. The lowest BCUT2D eigenvalue weighted by Crippen LogP contribution is -2.49. The van der Waals surface area contributed by atoms with Crippen LogP contribution in [0.1, 0.15) is 32.3 Å². The highest BCUT2D eigenvalue weighted by molar-refractivity contribution is 6.31. The molecule has 0 saturated carbocycles. The number of benzene rings is 1. The summed E-state index contributed by atoms with van der Waals surface area (Å²) in [5, 5.41) is 7.95. The van der Waals surface area contributed by atoms with E-state index >= 15 is 0 Å². The molecular weight excluding hydrogens is 396 g/mol. The Morgan fingerprint density at radius 1 is 1.13 bits per heavy atom. The Hall–Kier alpha value is -1.50. The number of nitrogens with zero attached hydrogens (tertiary/aromatic N) is 4. The Bertz CT molecular complexity index is 691. The van der Waals surface area contributed by atoms with E-state index in [4.69, 9.17) is 11.6 Å². The van der Waals surface area contributed by atoms with Crippen LogP contribution in [0.4, 0.5) is 5.69 Å². The predicted molar refractivity (Wildman–Crippen MR) is 129 cm³/mol. The second kappa shape index (κ2) is 11.2. The van der Waals surface area contributed by atoms with Gasteiger partial charge in [-0.3, -0.25) is 4.99 Å². The van der Waals surface area contributed by atoms with E-state index in [0.29, 0.717) is 12.6 Å². The number of hydrogen-bond acceptors (Lipinski definition) is 4. The standard InChI is InChI=1S/C23H39ClN6/c1-18(2)17-29-10-8-19(9-11-29)27-23(25-3)26-16-20-21(24)6-5-7-22(20)30-14-12-28(4)13-15-30/h5-7,18-19H,8-17H2,1-4H3,(H2,25,26,27). The van der Waals surface area contributed by atoms with Gasteiger partial charge in [0.25, 0.3) is 0 Å². The number of likely N-dealkylation sites (N-methyl/N-ethyl adjacent to an activating group) is 1. The van der Waals surface area contributed by atoms with Crippen molar-refractivity contribution in [1.29, 1.82) is 0 Å². The molecule has 0 aliphatic carbocycles. The van der Waals surface area contributed by atoms with Crippen LogP contribution >= 0.6 is 11.6 Å². The SMILES string of the molecule is CN=C(NCc1c(Cl)cccc1N1CCN(C)CC1)NC1CCN(CC(C)C)CC1. The summed E-state index contributed by atoms with van der Waals surface area (Å²) < 4.78 is 0. The zero-order valence-corrected chi connectivity index (χ0v) is 19.9. The van der Waals surface area contributed by atoms with Crippen molar-refractivity contribution in [2.75, 3.05) is 64.8 Å². The third-order valence-electron chi connectivity index (χ3n) is 6.15. The molecule has 7 heteroatoms. The van der Waals surface area contributed by atoms with Gasteiger partial charge in [0.2, 0.25) is 0 Å². The molecule has 1 aromatic carbocycles. The van der Waals surface area contributed by atoms with Gasteiger partial charge in [0, 0.05) is 81.7 Å². The van der Waals surface area contributed by atoms with Gasteiger partial charge in [0.05, 0.1) is 0 Å². The van der Waals surface area contributed by atoms with Crippen molar-refractivity contribution < 1.29 is 0 Å². The average Bonchev–Trinajstić information content (AvgIpc) is 2.73. The first-order valence-electron chi connectivity index (χ1n) is 11.4. The van der Waals surface area contributed by atoms with E-state index in [1.165, 1.54) is 12.2 Å². The Labute approximate surface area is 187 Å². The van der Waals surface area contributed by atoms with Gasteiger partial charge in [-0.25, -0.2) is 0 Å². The lowest BCUT2D eigenvalue weighted by atomic mass is 10.0. The van der Waals surface area contributed by atoms with Gasteiger partial charge in [-0.15, -0.1) is 0 Å². The molecule has 0 unspecified atom stereocenters. The van der Waals surface area contributed by atoms with Gasteiger partial charge in [-0.2, -0.15) is 0 Å². The Morgan fingerprint density at radius 2 is 1.83 bits per heavy atom. The molecule has 2 N–H and O–H groups in total. The van der Waals surface area contributed by atoms with Gasteiger partial charge in [0.1, 0.15) is 0 Å². The van der Waals surface area contributed by atoms with Crippen molar-refractivity contribution in [3.63, 3.8) is 0 Å². The van der Waals surface area contributed by atoms with Crippen LogP contribution in [0.5, 0.6) is 0 Å². The molecule has 2 heterocycles. The number of halogens is 1. The topological polar surface area (TPSA) is 46.1 Å². The number of nitrogens with one attached hydrogen (secondary N) is 2. The summed E-state index contributed by atoms with van der Waals surface area (Å²) in [6.45, 7) is 13.0. The van der Waals surface area contributed by atoms with Crippen molar-refractivity contribution in [1.82, 2.24) is 20.4 Å². The highest BCUT2D eigenvalue weighted by Gasteiger charge is 2.21. The molecule has 0 amide bonds. The van der Waals surface area contributed by atoms with Crippen molar-refractivity contribution >= 4 is 23.2 Å². The number of piperidine rings is 1. The van der Waals surface area contributed by atoms with E-state index < -0.39 is 0 Å². The predicted octanol–water partition coefficient (Wildman–Crippen LogP) is 2.88. The molecule has 0 radical (unpaired) electrons. The molecule has 0 aromatic heterocycles. The minimum Gasteiger partial charge on any atom is -0.369 e. The van der Waals surface area contributed by atoms with Crippen molar-refractivity contribution in [3.05, 3.63) is 28.8 Å². The molecule has 30 heavy (non-hydrogen) atoms. The molecule has 3 rings (SSSR count). The number of rotatable bonds is 6. The highest BCUT2D eigenvalue weighted by Crippen LogP contribution is 2.28. The molecule has 0 spiro atoms. The third-order valence-corrected chi connectivity index (χ3v) is 6.50. The van der Waals surface area contributed by atoms with Gasteiger partial charge in [-0.05, 0) is 37.9 Å². The van der Waals surface area contributed by atoms with Crippen LogP contribution in [0, 0.1) is 5.92 Å². The van der Waals surface area contributed by atoms with E-state index in [9.17, 15) is 0 Å². The molecule has 2 aliphatic rings. The van der Waals surface area contributed by atoms with Gasteiger partial charge in [0.15, 0.2) is 5.96 Å². The van der Waals surface area contributed by atoms with Gasteiger partial charge >= 0.3 is 0 Å². The van der Waals surface area contributed by atoms with E-state index in [0.717, 1.165) is 74.6 Å². The quantitative estimate of drug-likeness (QED) is 0.532. The molecular formula is C23H39ClN6. The minimum atomic E-state index is 0.475. The first-order chi connectivity index (χ1) is 14.5. The van der Waals surface area contributed by atoms with Crippen LogP contribution in [0.3, 0.4) is 0 Å². The zero-order valence-electron chi connectivity index (χ0n) is 19.1. The van der Waals surface area contributed by atoms with Crippen molar-refractivity contribution in [2.24, 2.45) is 10.9 Å². The summed E-state index contributed by atoms with van der Waals surface area (Å²) in [5.41, 5.74) is 2.39. The average molecular weight is 435 g/mol. The smallest absolute Gasteiger partial charge is 0.191 e. The summed E-state index contributed by atoms with van der Waals surface area (Å²) >= 11 is 6.61. The van der Waals surface area contributed by atoms with Gasteiger partial charge < -0.3 is 25.3 Å². The molecule has 0 bridgehead atoms. The number of piperazine rings is 1. The van der Waals surface area contributed by atoms with Crippen LogP contribution in [0.2, 0.25) is 5.02 Å². The molecule has 2 fully saturated rings. The van der Waals surface area contributed by atoms with Crippen LogP contribution < -0.4 is 15.5 Å². The maximum absolute atomic E-state index is 6.61. The summed E-state index contributed by atoms with van der Waals surface area (Å²) in [4.78, 5) is 11.9. The van der Waals surface area contributed by atoms with E-state index in [1.54, 1.807) is 0 Å². The van der Waals surface area contributed by atoms with E-state index in [1.807, 2.05) is 13.1 Å². The number of aliphatic imine (C=N–C) groups is 1.